The quantitative estimate of drug-likeness (QED) is 0.359. The van der Waals surface area contributed by atoms with Gasteiger partial charge >= 0.3 is 0 Å². The Morgan fingerprint density at radius 3 is 2.58 bits per heavy atom. The van der Waals surface area contributed by atoms with E-state index >= 15 is 0 Å². The molecule has 0 spiro atoms. The highest BCUT2D eigenvalue weighted by Crippen LogP contribution is 2.38. The van der Waals surface area contributed by atoms with E-state index < -0.39 is 0 Å². The van der Waals surface area contributed by atoms with Crippen LogP contribution in [-0.2, 0) is 11.3 Å². The van der Waals surface area contributed by atoms with Crippen LogP contribution in [0.4, 0.5) is 0 Å². The molecule has 1 heterocycles. The topological polar surface area (TPSA) is 74.5 Å². The van der Waals surface area contributed by atoms with Crippen molar-refractivity contribution in [2.45, 2.75) is 39.2 Å². The molecule has 1 saturated carbocycles. The molecule has 2 N–H and O–H groups in total. The van der Waals surface area contributed by atoms with E-state index in [4.69, 9.17) is 0 Å². The van der Waals surface area contributed by atoms with Crippen LogP contribution in [0.5, 0.6) is 0 Å². The minimum atomic E-state index is -0.290. The lowest BCUT2D eigenvalue weighted by Gasteiger charge is -2.31. The lowest BCUT2D eigenvalue weighted by molar-refractivity contribution is -0.138. The van der Waals surface area contributed by atoms with E-state index in [0.717, 1.165) is 44.7 Å². The van der Waals surface area contributed by atoms with Gasteiger partial charge in [0.1, 0.15) is 0 Å². The van der Waals surface area contributed by atoms with Gasteiger partial charge in [0, 0.05) is 53.2 Å². The number of amides is 1. The molecule has 7 nitrogen and oxygen atoms in total. The molecule has 1 fully saturated rings. The summed E-state index contributed by atoms with van der Waals surface area (Å²) in [7, 11) is 5.45. The first-order valence-electron chi connectivity index (χ1n) is 9.10. The fraction of sp³-hybridized carbons (Fsp3) is 0.722. The summed E-state index contributed by atoms with van der Waals surface area (Å²) in [6.45, 7) is 4.47. The van der Waals surface area contributed by atoms with Gasteiger partial charge in [0.15, 0.2) is 5.96 Å². The van der Waals surface area contributed by atoms with Crippen LogP contribution < -0.4 is 10.6 Å². The number of nitrogens with one attached hydrogen (secondary N) is 2. The van der Waals surface area contributed by atoms with Gasteiger partial charge in [-0.2, -0.15) is 5.10 Å². The number of halogens is 1. The monoisotopic (exact) mass is 476 g/mol. The largest absolute Gasteiger partial charge is 0.356 e. The minimum Gasteiger partial charge on any atom is -0.356 e. The first kappa shape index (κ1) is 22.7. The molecular weight excluding hydrogens is 443 g/mol. The molecule has 1 aliphatic carbocycles. The zero-order chi connectivity index (χ0) is 18.3. The molecule has 0 aliphatic heterocycles. The Morgan fingerprint density at radius 2 is 2.04 bits per heavy atom. The van der Waals surface area contributed by atoms with Crippen molar-refractivity contribution >= 4 is 35.8 Å². The third-order valence-electron chi connectivity index (χ3n) is 4.91. The van der Waals surface area contributed by atoms with Crippen LogP contribution >= 0.6 is 24.0 Å². The normalized spacial score (nSPS) is 17.3. The molecule has 8 heteroatoms. The highest BCUT2D eigenvalue weighted by atomic mass is 127. The van der Waals surface area contributed by atoms with Gasteiger partial charge in [0.05, 0.1) is 5.41 Å². The van der Waals surface area contributed by atoms with Crippen molar-refractivity contribution in [1.29, 1.82) is 0 Å². The maximum Gasteiger partial charge on any atom is 0.230 e. The Labute approximate surface area is 174 Å². The predicted octanol–water partition coefficient (Wildman–Crippen LogP) is 1.95. The molecule has 0 radical (unpaired) electrons. The average Bonchev–Trinajstić information content (AvgIpc) is 3.26. The third-order valence-corrected chi connectivity index (χ3v) is 4.91. The van der Waals surface area contributed by atoms with Crippen LogP contribution in [-0.4, -0.2) is 60.8 Å². The molecule has 148 valence electrons. The maximum absolute atomic E-state index is 12.6. The molecule has 1 atom stereocenters. The molecule has 1 aromatic heterocycles. The number of guanidine groups is 1. The third kappa shape index (κ3) is 6.14. The molecule has 2 rings (SSSR count). The smallest absolute Gasteiger partial charge is 0.230 e. The number of rotatable bonds is 7. The fourth-order valence-electron chi connectivity index (χ4n) is 3.53. The lowest BCUT2D eigenvalue weighted by atomic mass is 9.84. The summed E-state index contributed by atoms with van der Waals surface area (Å²) in [5, 5.41) is 11.0. The molecule has 0 aromatic carbocycles. The Bertz CT molecular complexity index is 566. The van der Waals surface area contributed by atoms with Crippen molar-refractivity contribution in [3.63, 3.8) is 0 Å². The molecule has 26 heavy (non-hydrogen) atoms. The molecule has 1 aliphatic rings. The molecule has 1 amide bonds. The van der Waals surface area contributed by atoms with E-state index in [1.165, 1.54) is 0 Å². The van der Waals surface area contributed by atoms with Gasteiger partial charge in [-0.05, 0) is 24.8 Å². The first-order chi connectivity index (χ1) is 12.0. The van der Waals surface area contributed by atoms with E-state index in [1.807, 2.05) is 31.0 Å². The molecule has 1 unspecified atom stereocenters. The minimum absolute atomic E-state index is 0. The van der Waals surface area contributed by atoms with Crippen LogP contribution in [0, 0.1) is 11.3 Å². The van der Waals surface area contributed by atoms with Gasteiger partial charge in [0.2, 0.25) is 5.91 Å². The Balaban J connectivity index is 0.00000338. The summed E-state index contributed by atoms with van der Waals surface area (Å²) in [6, 6.07) is 1.93. The second-order valence-electron chi connectivity index (χ2n) is 7.33. The lowest BCUT2D eigenvalue weighted by Crippen LogP contribution is -2.49. The first-order valence-corrected chi connectivity index (χ1v) is 9.10. The van der Waals surface area contributed by atoms with E-state index in [-0.39, 0.29) is 35.3 Å². The second-order valence-corrected chi connectivity index (χ2v) is 7.33. The van der Waals surface area contributed by atoms with Crippen LogP contribution in [0.25, 0.3) is 0 Å². The van der Waals surface area contributed by atoms with Crippen LogP contribution in [0.2, 0.25) is 0 Å². The van der Waals surface area contributed by atoms with Crippen molar-refractivity contribution in [2.24, 2.45) is 16.3 Å². The van der Waals surface area contributed by atoms with Crippen LogP contribution in [0.1, 0.15) is 32.6 Å². The van der Waals surface area contributed by atoms with Gasteiger partial charge in [-0.1, -0.05) is 19.8 Å². The van der Waals surface area contributed by atoms with Gasteiger partial charge in [-0.3, -0.25) is 14.5 Å². The Kier molecular flexibility index (Phi) is 9.38. The fourth-order valence-corrected chi connectivity index (χ4v) is 3.53. The highest BCUT2D eigenvalue weighted by Gasteiger charge is 2.42. The average molecular weight is 476 g/mol. The van der Waals surface area contributed by atoms with Gasteiger partial charge < -0.3 is 15.5 Å². The molecular formula is C18H33IN6O. The summed E-state index contributed by atoms with van der Waals surface area (Å²) in [4.78, 5) is 18.6. The van der Waals surface area contributed by atoms with Gasteiger partial charge in [0.25, 0.3) is 0 Å². The predicted molar refractivity (Wildman–Crippen MR) is 116 cm³/mol. The summed E-state index contributed by atoms with van der Waals surface area (Å²) in [5.41, 5.74) is -0.290. The zero-order valence-corrected chi connectivity index (χ0v) is 18.7. The number of carbonyl (C=O) groups is 1. The van der Waals surface area contributed by atoms with E-state index in [9.17, 15) is 4.79 Å². The second kappa shape index (κ2) is 10.7. The SMILES string of the molecule is CN=C(NCC(C)Cn1cccn1)NCC1(C(=O)N(C)C)CCCC1.I. The van der Waals surface area contributed by atoms with E-state index in [2.05, 4.69) is 27.6 Å². The number of aromatic nitrogens is 2. The van der Waals surface area contributed by atoms with Crippen LogP contribution in [0.15, 0.2) is 23.5 Å². The van der Waals surface area contributed by atoms with Crippen molar-refractivity contribution in [2.75, 3.05) is 34.2 Å². The van der Waals surface area contributed by atoms with Crippen molar-refractivity contribution in [1.82, 2.24) is 25.3 Å². The van der Waals surface area contributed by atoms with Crippen molar-refractivity contribution in [3.8, 4) is 0 Å². The molecule has 0 bridgehead atoms. The summed E-state index contributed by atoms with van der Waals surface area (Å²) in [5.74, 6) is 1.40. The Morgan fingerprint density at radius 1 is 1.35 bits per heavy atom. The van der Waals surface area contributed by atoms with Gasteiger partial charge in [-0.25, -0.2) is 0 Å². The van der Waals surface area contributed by atoms with Crippen molar-refractivity contribution < 1.29 is 4.79 Å². The van der Waals surface area contributed by atoms with Gasteiger partial charge in [-0.15, -0.1) is 24.0 Å². The zero-order valence-electron chi connectivity index (χ0n) is 16.4. The number of hydrogen-bond donors (Lipinski definition) is 2. The standard InChI is InChI=1S/C18H32N6O.HI/c1-15(13-24-11-7-10-22-24)12-20-17(19-2)21-14-18(8-5-6-9-18)16(25)23(3)4;/h7,10-11,15H,5-6,8-9,12-14H2,1-4H3,(H2,19,20,21);1H. The van der Waals surface area contributed by atoms with E-state index in [0.29, 0.717) is 12.5 Å². The van der Waals surface area contributed by atoms with E-state index in [1.54, 1.807) is 18.1 Å². The van der Waals surface area contributed by atoms with Crippen molar-refractivity contribution in [3.05, 3.63) is 18.5 Å². The Hall–Kier alpha value is -1.32. The number of hydrogen-bond acceptors (Lipinski definition) is 3. The number of nitrogens with zero attached hydrogens (tertiary/aromatic N) is 4. The number of carbonyl (C=O) groups excluding carboxylic acids is 1. The maximum atomic E-state index is 12.6. The van der Waals surface area contributed by atoms with Crippen LogP contribution in [0.3, 0.4) is 0 Å². The highest BCUT2D eigenvalue weighted by molar-refractivity contribution is 14.0. The number of aliphatic imine (C=N–C) groups is 1. The molecule has 1 aromatic rings. The molecule has 0 saturated heterocycles. The summed E-state index contributed by atoms with van der Waals surface area (Å²) >= 11 is 0. The summed E-state index contributed by atoms with van der Waals surface area (Å²) in [6.07, 6.45) is 7.90. The summed E-state index contributed by atoms with van der Waals surface area (Å²) < 4.78 is 1.94.